The van der Waals surface area contributed by atoms with Crippen molar-refractivity contribution in [1.29, 1.82) is 0 Å². The second-order valence-corrected chi connectivity index (χ2v) is 10.2. The summed E-state index contributed by atoms with van der Waals surface area (Å²) in [5.74, 6) is -0.358. The van der Waals surface area contributed by atoms with Gasteiger partial charge in [0, 0.05) is 11.7 Å². The highest BCUT2D eigenvalue weighted by Gasteiger charge is 2.36. The van der Waals surface area contributed by atoms with Crippen molar-refractivity contribution in [2.75, 3.05) is 12.4 Å². The summed E-state index contributed by atoms with van der Waals surface area (Å²) in [5, 5.41) is 3.54. The first-order valence-corrected chi connectivity index (χ1v) is 11.1. The molecule has 0 amide bonds. The highest BCUT2D eigenvalue weighted by Crippen LogP contribution is 2.45. The van der Waals surface area contributed by atoms with Crippen molar-refractivity contribution in [2.24, 2.45) is 5.41 Å². The number of benzene rings is 2. The topological polar surface area (TPSA) is 84.5 Å². The van der Waals surface area contributed by atoms with E-state index in [0.29, 0.717) is 5.56 Å². The van der Waals surface area contributed by atoms with Gasteiger partial charge in [0.05, 0.1) is 23.6 Å². The van der Waals surface area contributed by atoms with Gasteiger partial charge in [0.2, 0.25) is 10.0 Å². The van der Waals surface area contributed by atoms with E-state index in [1.54, 1.807) is 38.1 Å². The molecule has 0 saturated heterocycles. The second kappa shape index (κ2) is 7.80. The van der Waals surface area contributed by atoms with Crippen LogP contribution in [0.25, 0.3) is 0 Å². The molecule has 0 bridgehead atoms. The highest BCUT2D eigenvalue weighted by molar-refractivity contribution is 7.89. The van der Waals surface area contributed by atoms with Crippen LogP contribution in [0.1, 0.15) is 55.2 Å². The number of anilines is 1. The first kappa shape index (κ1) is 21.3. The molecule has 156 valence electrons. The zero-order valence-corrected chi connectivity index (χ0v) is 18.3. The summed E-state index contributed by atoms with van der Waals surface area (Å²) in [6, 6.07) is 12.3. The van der Waals surface area contributed by atoms with Crippen molar-refractivity contribution in [3.05, 3.63) is 59.2 Å². The Morgan fingerprint density at radius 2 is 1.93 bits per heavy atom. The van der Waals surface area contributed by atoms with Crippen LogP contribution in [0.15, 0.2) is 47.4 Å². The number of hydrogen-bond acceptors (Lipinski definition) is 5. The molecule has 1 aliphatic heterocycles. The standard InChI is InChI=1S/C22H28N2O4S/c1-14(2)24-29(26,27)18-8-6-7-15(12-18)20-22(3,4)13-17-11-16(21(25)28-5)9-10-19(17)23-20/h6-12,14,20,23-24H,13H2,1-5H3. The lowest BCUT2D eigenvalue weighted by Gasteiger charge is -2.41. The number of nitrogens with one attached hydrogen (secondary N) is 2. The third-order valence-electron chi connectivity index (χ3n) is 5.15. The van der Waals surface area contributed by atoms with Crippen molar-refractivity contribution in [1.82, 2.24) is 4.72 Å². The second-order valence-electron chi connectivity index (χ2n) is 8.45. The van der Waals surface area contributed by atoms with Gasteiger partial charge >= 0.3 is 5.97 Å². The number of fused-ring (bicyclic) bond motifs is 1. The Morgan fingerprint density at radius 3 is 2.59 bits per heavy atom. The van der Waals surface area contributed by atoms with E-state index in [4.69, 9.17) is 4.74 Å². The predicted molar refractivity (Wildman–Crippen MR) is 114 cm³/mol. The lowest BCUT2D eigenvalue weighted by molar-refractivity contribution is 0.0600. The summed E-state index contributed by atoms with van der Waals surface area (Å²) in [7, 11) is -2.20. The molecular weight excluding hydrogens is 388 g/mol. The van der Waals surface area contributed by atoms with E-state index in [1.807, 2.05) is 18.2 Å². The molecule has 2 aromatic rings. The molecule has 6 nitrogen and oxygen atoms in total. The molecule has 2 N–H and O–H groups in total. The Kier molecular flexibility index (Phi) is 5.74. The van der Waals surface area contributed by atoms with E-state index in [-0.39, 0.29) is 28.4 Å². The van der Waals surface area contributed by atoms with Crippen LogP contribution in [-0.4, -0.2) is 27.5 Å². The van der Waals surface area contributed by atoms with Crippen molar-refractivity contribution < 1.29 is 17.9 Å². The Bertz CT molecular complexity index is 1030. The fourth-order valence-corrected chi connectivity index (χ4v) is 5.15. The molecule has 3 rings (SSSR count). The Labute approximate surface area is 172 Å². The lowest BCUT2D eigenvalue weighted by atomic mass is 9.73. The molecule has 7 heteroatoms. The highest BCUT2D eigenvalue weighted by atomic mass is 32.2. The Hall–Kier alpha value is -2.38. The Morgan fingerprint density at radius 1 is 1.21 bits per heavy atom. The van der Waals surface area contributed by atoms with Gasteiger partial charge in [-0.3, -0.25) is 0 Å². The number of ether oxygens (including phenoxy) is 1. The largest absolute Gasteiger partial charge is 0.465 e. The zero-order valence-electron chi connectivity index (χ0n) is 17.4. The van der Waals surface area contributed by atoms with Crippen molar-refractivity contribution in [2.45, 2.75) is 51.1 Å². The molecule has 0 saturated carbocycles. The van der Waals surface area contributed by atoms with E-state index in [9.17, 15) is 13.2 Å². The quantitative estimate of drug-likeness (QED) is 0.722. The van der Waals surface area contributed by atoms with Crippen molar-refractivity contribution in [3.63, 3.8) is 0 Å². The first-order valence-electron chi connectivity index (χ1n) is 9.63. The number of carbonyl (C=O) groups is 1. The maximum absolute atomic E-state index is 12.6. The molecule has 0 aliphatic carbocycles. The van der Waals surface area contributed by atoms with Crippen LogP contribution >= 0.6 is 0 Å². The first-order chi connectivity index (χ1) is 13.5. The maximum Gasteiger partial charge on any atom is 0.337 e. The van der Waals surface area contributed by atoms with Crippen molar-refractivity contribution in [3.8, 4) is 0 Å². The monoisotopic (exact) mass is 416 g/mol. The van der Waals surface area contributed by atoms with E-state index >= 15 is 0 Å². The van der Waals surface area contributed by atoms with Crippen LogP contribution in [0.3, 0.4) is 0 Å². The van der Waals surface area contributed by atoms with Gasteiger partial charge in [0.1, 0.15) is 0 Å². The fraction of sp³-hybridized carbons (Fsp3) is 0.409. The van der Waals surface area contributed by atoms with Crippen LogP contribution in [0.2, 0.25) is 0 Å². The summed E-state index contributed by atoms with van der Waals surface area (Å²) in [5.41, 5.74) is 3.21. The normalized spacial score (nSPS) is 18.1. The molecule has 0 radical (unpaired) electrons. The van der Waals surface area contributed by atoms with Crippen LogP contribution in [0.4, 0.5) is 5.69 Å². The van der Waals surface area contributed by atoms with Gasteiger partial charge in [-0.25, -0.2) is 17.9 Å². The predicted octanol–water partition coefficient (Wildman–Crippen LogP) is 3.90. The smallest absolute Gasteiger partial charge is 0.337 e. The minimum absolute atomic E-state index is 0.0758. The summed E-state index contributed by atoms with van der Waals surface area (Å²) in [4.78, 5) is 12.1. The summed E-state index contributed by atoms with van der Waals surface area (Å²) in [6.45, 7) is 7.86. The van der Waals surface area contributed by atoms with E-state index < -0.39 is 10.0 Å². The van der Waals surface area contributed by atoms with Crippen molar-refractivity contribution >= 4 is 21.7 Å². The third-order valence-corrected chi connectivity index (χ3v) is 6.80. The molecule has 1 aliphatic rings. The third kappa shape index (κ3) is 4.46. The van der Waals surface area contributed by atoms with Gasteiger partial charge in [-0.2, -0.15) is 0 Å². The Balaban J connectivity index is 1.96. The number of sulfonamides is 1. The lowest BCUT2D eigenvalue weighted by Crippen LogP contribution is -2.35. The summed E-state index contributed by atoms with van der Waals surface area (Å²) < 4.78 is 32.6. The summed E-state index contributed by atoms with van der Waals surface area (Å²) in [6.07, 6.45) is 0.742. The number of esters is 1. The van der Waals surface area contributed by atoms with Crippen LogP contribution in [-0.2, 0) is 21.2 Å². The maximum atomic E-state index is 12.6. The van der Waals surface area contributed by atoms with Gasteiger partial charge in [-0.15, -0.1) is 0 Å². The van der Waals surface area contributed by atoms with Gasteiger partial charge in [0.15, 0.2) is 0 Å². The van der Waals surface area contributed by atoms with Gasteiger partial charge in [-0.05, 0) is 67.1 Å². The molecule has 0 spiro atoms. The molecule has 0 aromatic heterocycles. The zero-order chi connectivity index (χ0) is 21.4. The van der Waals surface area contributed by atoms with Gasteiger partial charge < -0.3 is 10.1 Å². The minimum atomic E-state index is -3.57. The van der Waals surface area contributed by atoms with E-state index in [0.717, 1.165) is 23.2 Å². The van der Waals surface area contributed by atoms with E-state index in [1.165, 1.54) is 7.11 Å². The number of carbonyl (C=O) groups excluding carboxylic acids is 1. The van der Waals surface area contributed by atoms with Crippen LogP contribution in [0.5, 0.6) is 0 Å². The number of rotatable bonds is 5. The fourth-order valence-electron chi connectivity index (χ4n) is 3.84. The molecule has 1 unspecified atom stereocenters. The molecular formula is C22H28N2O4S. The average molecular weight is 417 g/mol. The number of hydrogen-bond donors (Lipinski definition) is 2. The van der Waals surface area contributed by atoms with Gasteiger partial charge in [-0.1, -0.05) is 26.0 Å². The molecule has 1 heterocycles. The van der Waals surface area contributed by atoms with Gasteiger partial charge in [0.25, 0.3) is 0 Å². The van der Waals surface area contributed by atoms with E-state index in [2.05, 4.69) is 23.9 Å². The van der Waals surface area contributed by atoms with Crippen LogP contribution < -0.4 is 10.0 Å². The molecule has 29 heavy (non-hydrogen) atoms. The minimum Gasteiger partial charge on any atom is -0.465 e. The summed E-state index contributed by atoms with van der Waals surface area (Å²) >= 11 is 0. The molecule has 1 atom stereocenters. The average Bonchev–Trinajstić information content (AvgIpc) is 2.64. The molecule has 0 fully saturated rings. The number of methoxy groups -OCH3 is 1. The molecule has 2 aromatic carbocycles. The van der Waals surface area contributed by atoms with Crippen LogP contribution in [0, 0.1) is 5.41 Å². The SMILES string of the molecule is COC(=O)c1ccc2c(c1)CC(C)(C)C(c1cccc(S(=O)(=O)NC(C)C)c1)N2.